The Kier molecular flexibility index (Phi) is 3.59. The molecular weight excluding hydrogens is 281 g/mol. The number of sulfonamides is 1. The minimum atomic E-state index is -4.36. The third-order valence-corrected chi connectivity index (χ3v) is 4.71. The number of halogens is 3. The normalized spacial score (nSPS) is 17.5. The first-order chi connectivity index (χ1) is 8.80. The van der Waals surface area contributed by atoms with E-state index in [2.05, 4.69) is 4.72 Å². The summed E-state index contributed by atoms with van der Waals surface area (Å²) >= 11 is 0. The van der Waals surface area contributed by atoms with Crippen molar-refractivity contribution in [2.45, 2.75) is 17.7 Å². The minimum Gasteiger partial charge on any atom is -0.330 e. The van der Waals surface area contributed by atoms with E-state index in [-0.39, 0.29) is 12.0 Å². The number of rotatable bonds is 5. The van der Waals surface area contributed by atoms with Gasteiger partial charge in [0.05, 0.1) is 0 Å². The van der Waals surface area contributed by atoms with Crippen molar-refractivity contribution in [1.29, 1.82) is 0 Å². The number of nitrogens with two attached hydrogens (primary N) is 1. The Morgan fingerprint density at radius 1 is 1.21 bits per heavy atom. The molecule has 19 heavy (non-hydrogen) atoms. The summed E-state index contributed by atoms with van der Waals surface area (Å²) in [6.07, 6.45) is 1.53. The lowest BCUT2D eigenvalue weighted by molar-refractivity contribution is 0.478. The van der Waals surface area contributed by atoms with Gasteiger partial charge < -0.3 is 5.73 Å². The van der Waals surface area contributed by atoms with Crippen LogP contribution in [0.25, 0.3) is 0 Å². The van der Waals surface area contributed by atoms with Crippen LogP contribution >= 0.6 is 0 Å². The highest BCUT2D eigenvalue weighted by atomic mass is 32.2. The first-order valence-electron chi connectivity index (χ1n) is 5.64. The highest BCUT2D eigenvalue weighted by Gasteiger charge is 2.42. The van der Waals surface area contributed by atoms with Gasteiger partial charge in [0, 0.05) is 18.7 Å². The van der Waals surface area contributed by atoms with Crippen LogP contribution in [-0.4, -0.2) is 21.5 Å². The van der Waals surface area contributed by atoms with Crippen molar-refractivity contribution in [3.8, 4) is 0 Å². The maximum atomic E-state index is 13.4. The average molecular weight is 294 g/mol. The van der Waals surface area contributed by atoms with Gasteiger partial charge in [-0.25, -0.2) is 26.3 Å². The quantitative estimate of drug-likeness (QED) is 0.855. The van der Waals surface area contributed by atoms with Crippen LogP contribution in [0.4, 0.5) is 13.2 Å². The molecule has 1 saturated carbocycles. The third kappa shape index (κ3) is 2.90. The predicted molar refractivity (Wildman–Crippen MR) is 62.2 cm³/mol. The molecule has 1 fully saturated rings. The Morgan fingerprint density at radius 3 is 2.16 bits per heavy atom. The van der Waals surface area contributed by atoms with Gasteiger partial charge in [0.1, 0.15) is 17.5 Å². The molecule has 0 aromatic heterocycles. The highest BCUT2D eigenvalue weighted by Crippen LogP contribution is 2.44. The maximum absolute atomic E-state index is 13.4. The Labute approximate surface area is 108 Å². The molecule has 0 spiro atoms. The summed E-state index contributed by atoms with van der Waals surface area (Å²) in [5, 5.41) is 0. The van der Waals surface area contributed by atoms with Crippen LogP contribution in [0.5, 0.6) is 0 Å². The first-order valence-corrected chi connectivity index (χ1v) is 7.12. The molecule has 0 atom stereocenters. The van der Waals surface area contributed by atoms with E-state index in [1.54, 1.807) is 0 Å². The van der Waals surface area contributed by atoms with Gasteiger partial charge in [-0.15, -0.1) is 0 Å². The summed E-state index contributed by atoms with van der Waals surface area (Å²) < 4.78 is 65.3. The molecule has 1 aliphatic rings. The molecule has 0 aliphatic heterocycles. The van der Waals surface area contributed by atoms with Crippen molar-refractivity contribution in [2.75, 3.05) is 13.1 Å². The summed E-state index contributed by atoms with van der Waals surface area (Å²) in [7, 11) is -4.36. The van der Waals surface area contributed by atoms with Crippen LogP contribution in [0.1, 0.15) is 12.8 Å². The summed E-state index contributed by atoms with van der Waals surface area (Å²) in [5.74, 6) is -4.08. The van der Waals surface area contributed by atoms with Gasteiger partial charge in [0.25, 0.3) is 0 Å². The van der Waals surface area contributed by atoms with Crippen LogP contribution in [0.2, 0.25) is 0 Å². The maximum Gasteiger partial charge on any atom is 0.246 e. The van der Waals surface area contributed by atoms with Crippen molar-refractivity contribution in [3.05, 3.63) is 29.6 Å². The van der Waals surface area contributed by atoms with Crippen molar-refractivity contribution in [2.24, 2.45) is 11.1 Å². The minimum absolute atomic E-state index is 0.0160. The monoisotopic (exact) mass is 294 g/mol. The summed E-state index contributed by atoms with van der Waals surface area (Å²) in [6, 6.07) is 0.654. The fraction of sp³-hybridized carbons (Fsp3) is 0.455. The fourth-order valence-electron chi connectivity index (χ4n) is 1.74. The van der Waals surface area contributed by atoms with E-state index in [0.29, 0.717) is 18.7 Å². The first kappa shape index (κ1) is 14.3. The predicted octanol–water partition coefficient (Wildman–Crippen LogP) is 1.12. The Morgan fingerprint density at radius 2 is 1.74 bits per heavy atom. The number of hydrogen-bond donors (Lipinski definition) is 2. The van der Waals surface area contributed by atoms with Gasteiger partial charge >= 0.3 is 0 Å². The summed E-state index contributed by atoms with van der Waals surface area (Å²) in [5.41, 5.74) is 5.16. The second-order valence-corrected chi connectivity index (χ2v) is 6.43. The van der Waals surface area contributed by atoms with E-state index in [1.807, 2.05) is 0 Å². The van der Waals surface area contributed by atoms with Crippen molar-refractivity contribution >= 4 is 10.0 Å². The van der Waals surface area contributed by atoms with Crippen LogP contribution < -0.4 is 10.5 Å². The molecule has 0 unspecified atom stereocenters. The molecule has 0 heterocycles. The largest absolute Gasteiger partial charge is 0.330 e. The van der Waals surface area contributed by atoms with Gasteiger partial charge in [0.15, 0.2) is 4.90 Å². The summed E-state index contributed by atoms with van der Waals surface area (Å²) in [6.45, 7) is 0.311. The standard InChI is InChI=1S/C11H13F3N2O2S/c12-7-3-8(13)10(9(14)4-7)19(17,18)16-6-11(5-15)1-2-11/h3-4,16H,1-2,5-6,15H2. The average Bonchev–Trinajstić information content (AvgIpc) is 3.05. The molecule has 0 radical (unpaired) electrons. The number of benzene rings is 1. The molecule has 1 aliphatic carbocycles. The van der Waals surface area contributed by atoms with E-state index in [4.69, 9.17) is 5.73 Å². The lowest BCUT2D eigenvalue weighted by Gasteiger charge is -2.14. The van der Waals surface area contributed by atoms with E-state index in [0.717, 1.165) is 12.8 Å². The zero-order chi connectivity index (χ0) is 14.3. The Hall–Kier alpha value is -1.12. The SMILES string of the molecule is NCC1(CNS(=O)(=O)c2c(F)cc(F)cc2F)CC1. The molecule has 1 aromatic rings. The number of hydrogen-bond acceptors (Lipinski definition) is 3. The van der Waals surface area contributed by atoms with Gasteiger partial charge in [-0.05, 0) is 24.8 Å². The molecule has 1 aromatic carbocycles. The zero-order valence-corrected chi connectivity index (χ0v) is 10.7. The van der Waals surface area contributed by atoms with Crippen molar-refractivity contribution < 1.29 is 21.6 Å². The Bertz CT molecular complexity index is 577. The molecule has 0 amide bonds. The molecule has 3 N–H and O–H groups in total. The van der Waals surface area contributed by atoms with E-state index in [1.165, 1.54) is 0 Å². The van der Waals surface area contributed by atoms with Crippen molar-refractivity contribution in [3.63, 3.8) is 0 Å². The van der Waals surface area contributed by atoms with E-state index >= 15 is 0 Å². The lowest BCUT2D eigenvalue weighted by Crippen LogP contribution is -2.34. The van der Waals surface area contributed by atoms with Crippen LogP contribution in [0.15, 0.2) is 17.0 Å². The molecule has 8 heteroatoms. The molecule has 0 saturated heterocycles. The Balaban J connectivity index is 2.25. The fourth-order valence-corrected chi connectivity index (χ4v) is 3.01. The van der Waals surface area contributed by atoms with Crippen LogP contribution in [-0.2, 0) is 10.0 Å². The smallest absolute Gasteiger partial charge is 0.246 e. The molecule has 4 nitrogen and oxygen atoms in total. The molecular formula is C11H13F3N2O2S. The van der Waals surface area contributed by atoms with E-state index in [9.17, 15) is 21.6 Å². The second kappa shape index (κ2) is 4.77. The van der Waals surface area contributed by atoms with Gasteiger partial charge in [0.2, 0.25) is 10.0 Å². The molecule has 106 valence electrons. The summed E-state index contributed by atoms with van der Waals surface area (Å²) in [4.78, 5) is -1.17. The molecule has 2 rings (SSSR count). The molecule has 0 bridgehead atoms. The van der Waals surface area contributed by atoms with Gasteiger partial charge in [-0.1, -0.05) is 0 Å². The second-order valence-electron chi connectivity index (χ2n) is 4.73. The zero-order valence-electron chi connectivity index (χ0n) is 9.92. The van der Waals surface area contributed by atoms with E-state index < -0.39 is 32.4 Å². The van der Waals surface area contributed by atoms with Gasteiger partial charge in [-0.3, -0.25) is 0 Å². The van der Waals surface area contributed by atoms with Gasteiger partial charge in [-0.2, -0.15) is 0 Å². The third-order valence-electron chi connectivity index (χ3n) is 3.26. The van der Waals surface area contributed by atoms with Crippen LogP contribution in [0.3, 0.4) is 0 Å². The van der Waals surface area contributed by atoms with Crippen molar-refractivity contribution in [1.82, 2.24) is 4.72 Å². The highest BCUT2D eigenvalue weighted by molar-refractivity contribution is 7.89. The lowest BCUT2D eigenvalue weighted by atomic mass is 10.1. The number of nitrogens with one attached hydrogen (secondary N) is 1. The van der Waals surface area contributed by atoms with Crippen LogP contribution in [0, 0.1) is 22.9 Å². The topological polar surface area (TPSA) is 72.2 Å².